The van der Waals surface area contributed by atoms with Crippen LogP contribution in [0.5, 0.6) is 5.75 Å². The van der Waals surface area contributed by atoms with Gasteiger partial charge in [-0.05, 0) is 44.0 Å². The van der Waals surface area contributed by atoms with Crippen LogP contribution in [0.2, 0.25) is 0 Å². The molecule has 5 rings (SSSR count). The molecular formula is C25H27N5O4. The number of hydrogen-bond acceptors (Lipinski definition) is 5. The lowest BCUT2D eigenvalue weighted by molar-refractivity contribution is 0.0373. The number of carbonyl (C=O) groups is 2. The predicted molar refractivity (Wildman–Crippen MR) is 129 cm³/mol. The molecule has 3 N–H and O–H groups in total. The number of benzene rings is 2. The van der Waals surface area contributed by atoms with Gasteiger partial charge in [-0.2, -0.15) is 0 Å². The van der Waals surface area contributed by atoms with Gasteiger partial charge in [-0.15, -0.1) is 0 Å². The van der Waals surface area contributed by atoms with Gasteiger partial charge in [0, 0.05) is 36.6 Å². The molecule has 9 nitrogen and oxygen atoms in total. The Bertz CT molecular complexity index is 1420. The number of primary amides is 1. The summed E-state index contributed by atoms with van der Waals surface area (Å²) in [5.41, 5.74) is 8.63. The van der Waals surface area contributed by atoms with E-state index in [0.29, 0.717) is 41.8 Å². The summed E-state index contributed by atoms with van der Waals surface area (Å²) in [6.07, 6.45) is 0.0907. The number of hydrogen-bond donors (Lipinski definition) is 2. The second-order valence-corrected chi connectivity index (χ2v) is 8.64. The molecule has 0 aliphatic carbocycles. The minimum atomic E-state index is -0.844. The molecule has 3 heterocycles. The van der Waals surface area contributed by atoms with E-state index in [2.05, 4.69) is 29.7 Å². The van der Waals surface area contributed by atoms with Crippen molar-refractivity contribution in [2.24, 2.45) is 12.8 Å². The smallest absolute Gasteiger partial charge is 0.404 e. The predicted octanol–water partition coefficient (Wildman–Crippen LogP) is 3.62. The van der Waals surface area contributed by atoms with Crippen LogP contribution in [-0.4, -0.2) is 55.3 Å². The number of aromatic nitrogens is 3. The quantitative estimate of drug-likeness (QED) is 0.482. The molecule has 9 heteroatoms. The van der Waals surface area contributed by atoms with E-state index in [1.807, 2.05) is 23.7 Å². The van der Waals surface area contributed by atoms with E-state index in [9.17, 15) is 14.7 Å². The molecule has 1 unspecified atom stereocenters. The highest BCUT2D eigenvalue weighted by Crippen LogP contribution is 2.34. The van der Waals surface area contributed by atoms with Crippen molar-refractivity contribution >= 4 is 33.9 Å². The summed E-state index contributed by atoms with van der Waals surface area (Å²) in [6.45, 7) is 3.66. The van der Waals surface area contributed by atoms with Gasteiger partial charge in [-0.3, -0.25) is 4.79 Å². The summed E-state index contributed by atoms with van der Waals surface area (Å²) in [5, 5.41) is 12.0. The van der Waals surface area contributed by atoms with Crippen molar-refractivity contribution in [3.63, 3.8) is 0 Å². The number of rotatable bonds is 4. The fourth-order valence-electron chi connectivity index (χ4n) is 4.98. The first kappa shape index (κ1) is 21.8. The Hall–Kier alpha value is -4.01. The zero-order valence-corrected chi connectivity index (χ0v) is 19.2. The summed E-state index contributed by atoms with van der Waals surface area (Å²) in [4.78, 5) is 30.8. The second-order valence-electron chi connectivity index (χ2n) is 8.64. The fourth-order valence-corrected chi connectivity index (χ4v) is 4.98. The maximum absolute atomic E-state index is 13.2. The van der Waals surface area contributed by atoms with Crippen molar-refractivity contribution in [2.75, 3.05) is 13.1 Å². The Labute approximate surface area is 196 Å². The molecule has 2 aromatic carbocycles. The van der Waals surface area contributed by atoms with Gasteiger partial charge in [0.1, 0.15) is 17.4 Å². The number of likely N-dealkylation sites (tertiary alicyclic amines) is 1. The molecule has 1 fully saturated rings. The van der Waals surface area contributed by atoms with E-state index < -0.39 is 12.2 Å². The van der Waals surface area contributed by atoms with E-state index in [1.165, 1.54) is 6.07 Å². The largest absolute Gasteiger partial charge is 0.506 e. The van der Waals surface area contributed by atoms with Crippen molar-refractivity contribution < 1.29 is 19.4 Å². The van der Waals surface area contributed by atoms with Crippen LogP contribution in [0.1, 0.15) is 30.1 Å². The Morgan fingerprint density at radius 3 is 2.79 bits per heavy atom. The van der Waals surface area contributed by atoms with Crippen molar-refractivity contribution in [3.8, 4) is 17.3 Å². The molecule has 4 aromatic rings. The summed E-state index contributed by atoms with van der Waals surface area (Å²) >= 11 is 0. The number of imidazole rings is 1. The van der Waals surface area contributed by atoms with Gasteiger partial charge in [0.25, 0.3) is 5.91 Å². The molecule has 0 saturated carbocycles. The lowest BCUT2D eigenvalue weighted by Gasteiger charge is -2.32. The fraction of sp³-hybridized carbons (Fsp3) is 0.320. The van der Waals surface area contributed by atoms with Crippen LogP contribution in [0.4, 0.5) is 4.79 Å². The van der Waals surface area contributed by atoms with Gasteiger partial charge in [-0.1, -0.05) is 18.2 Å². The molecule has 1 aliphatic heterocycles. The minimum absolute atomic E-state index is 0.0109. The zero-order valence-electron chi connectivity index (χ0n) is 19.2. The monoisotopic (exact) mass is 461 g/mol. The van der Waals surface area contributed by atoms with E-state index in [0.717, 1.165) is 23.1 Å². The van der Waals surface area contributed by atoms with E-state index >= 15 is 0 Å². The van der Waals surface area contributed by atoms with Crippen LogP contribution in [0.25, 0.3) is 33.5 Å². The highest BCUT2D eigenvalue weighted by atomic mass is 16.6. The molecular weight excluding hydrogens is 434 g/mol. The second kappa shape index (κ2) is 8.40. The number of phenols is 1. The topological polar surface area (TPSA) is 116 Å². The van der Waals surface area contributed by atoms with E-state index in [1.54, 1.807) is 11.0 Å². The van der Waals surface area contributed by atoms with Crippen molar-refractivity contribution in [2.45, 2.75) is 32.4 Å². The lowest BCUT2D eigenvalue weighted by atomic mass is 10.1. The van der Waals surface area contributed by atoms with Gasteiger partial charge >= 0.3 is 6.09 Å². The van der Waals surface area contributed by atoms with Gasteiger partial charge in [0.15, 0.2) is 5.82 Å². The van der Waals surface area contributed by atoms with Crippen LogP contribution in [-0.2, 0) is 18.3 Å². The first-order valence-corrected chi connectivity index (χ1v) is 11.4. The number of piperidine rings is 1. The van der Waals surface area contributed by atoms with Gasteiger partial charge in [-0.25, -0.2) is 9.78 Å². The Morgan fingerprint density at radius 2 is 2.03 bits per heavy atom. The number of phenolic OH excluding ortho intramolecular Hbond substituents is 1. The van der Waals surface area contributed by atoms with E-state index in [4.69, 9.17) is 15.5 Å². The standard InChI is InChI=1S/C25H27N5O4/c1-3-30-19-9-5-4-7-15(19)12-20(30)23-27-18-11-16(13-21(31)22(18)28(23)2)24(32)29-10-6-8-17(14-29)34-25(26)33/h4-5,7,9,11-13,17,31H,3,6,8,10,14H2,1-2H3,(H2,26,33). The number of carbonyl (C=O) groups excluding carboxylic acids is 2. The summed E-state index contributed by atoms with van der Waals surface area (Å²) in [6, 6.07) is 13.4. The van der Waals surface area contributed by atoms with Crippen LogP contribution < -0.4 is 5.73 Å². The number of aromatic hydroxyl groups is 1. The van der Waals surface area contributed by atoms with Crippen LogP contribution >= 0.6 is 0 Å². The van der Waals surface area contributed by atoms with Crippen molar-refractivity contribution in [3.05, 3.63) is 48.0 Å². The van der Waals surface area contributed by atoms with Crippen molar-refractivity contribution in [1.82, 2.24) is 19.0 Å². The molecule has 1 atom stereocenters. The number of nitrogens with two attached hydrogens (primary N) is 1. The molecule has 34 heavy (non-hydrogen) atoms. The number of aryl methyl sites for hydroxylation is 2. The molecule has 2 aromatic heterocycles. The number of fused-ring (bicyclic) bond motifs is 2. The number of ether oxygens (including phenoxy) is 1. The minimum Gasteiger partial charge on any atom is -0.506 e. The lowest BCUT2D eigenvalue weighted by Crippen LogP contribution is -2.44. The molecule has 0 spiro atoms. The SMILES string of the molecule is CCn1c(-c2nc3cc(C(=O)N4CCCC(OC(N)=O)C4)cc(O)c3n2C)cc2ccccc21. The van der Waals surface area contributed by atoms with Gasteiger partial charge < -0.3 is 29.6 Å². The van der Waals surface area contributed by atoms with Gasteiger partial charge in [0.05, 0.1) is 17.8 Å². The van der Waals surface area contributed by atoms with Gasteiger partial charge in [0.2, 0.25) is 0 Å². The number of amides is 2. The Morgan fingerprint density at radius 1 is 1.24 bits per heavy atom. The summed E-state index contributed by atoms with van der Waals surface area (Å²) < 4.78 is 9.14. The first-order valence-electron chi connectivity index (χ1n) is 11.4. The van der Waals surface area contributed by atoms with E-state index in [-0.39, 0.29) is 18.2 Å². The van der Waals surface area contributed by atoms with Crippen molar-refractivity contribution in [1.29, 1.82) is 0 Å². The summed E-state index contributed by atoms with van der Waals surface area (Å²) in [5.74, 6) is 0.453. The molecule has 176 valence electrons. The molecule has 1 aliphatic rings. The third kappa shape index (κ3) is 3.63. The van der Waals surface area contributed by atoms with Crippen LogP contribution in [0.3, 0.4) is 0 Å². The maximum Gasteiger partial charge on any atom is 0.404 e. The van der Waals surface area contributed by atoms with Crippen LogP contribution in [0, 0.1) is 0 Å². The zero-order chi connectivity index (χ0) is 24.0. The highest BCUT2D eigenvalue weighted by Gasteiger charge is 2.28. The highest BCUT2D eigenvalue weighted by molar-refractivity contribution is 6.00. The molecule has 0 radical (unpaired) electrons. The van der Waals surface area contributed by atoms with Crippen LogP contribution in [0.15, 0.2) is 42.5 Å². The average molecular weight is 462 g/mol. The summed E-state index contributed by atoms with van der Waals surface area (Å²) in [7, 11) is 1.86. The third-order valence-corrected chi connectivity index (χ3v) is 6.50. The normalized spacial score (nSPS) is 16.3. The first-order chi connectivity index (χ1) is 16.4. The molecule has 1 saturated heterocycles. The average Bonchev–Trinajstić information content (AvgIpc) is 3.35. The molecule has 2 amide bonds. The maximum atomic E-state index is 13.2. The third-order valence-electron chi connectivity index (χ3n) is 6.50. The number of para-hydroxylation sites is 1. The Balaban J connectivity index is 1.53. The Kier molecular flexibility index (Phi) is 5.39. The number of nitrogens with zero attached hydrogens (tertiary/aromatic N) is 4. The molecule has 0 bridgehead atoms.